The fraction of sp³-hybridized carbons (Fsp3) is 0. The lowest BCUT2D eigenvalue weighted by Gasteiger charge is -2.01. The van der Waals surface area contributed by atoms with Gasteiger partial charge in [-0.15, -0.1) is 0 Å². The molecule has 0 fully saturated rings. The van der Waals surface area contributed by atoms with Gasteiger partial charge in [-0.2, -0.15) is 5.10 Å². The Morgan fingerprint density at radius 1 is 1.29 bits per heavy atom. The minimum atomic E-state index is -0.723. The van der Waals surface area contributed by atoms with Crippen LogP contribution in [0.1, 0.15) is 0 Å². The van der Waals surface area contributed by atoms with Crippen molar-refractivity contribution in [1.82, 2.24) is 0 Å². The summed E-state index contributed by atoms with van der Waals surface area (Å²) in [6, 6.07) is 3.24. The van der Waals surface area contributed by atoms with E-state index in [1.165, 1.54) is 18.4 Å². The number of benzene rings is 1. The summed E-state index contributed by atoms with van der Waals surface area (Å²) in [6.45, 7) is 3.37. The van der Waals surface area contributed by atoms with Gasteiger partial charge in [0.25, 0.3) is 5.69 Å². The third kappa shape index (κ3) is 3.09. The van der Waals surface area contributed by atoms with Gasteiger partial charge in [0, 0.05) is 12.3 Å². The fourth-order valence-corrected chi connectivity index (χ4v) is 1.04. The molecule has 1 rings (SSSR count). The van der Waals surface area contributed by atoms with Crippen molar-refractivity contribution in [2.24, 2.45) is 5.10 Å². The Bertz CT molecular complexity index is 498. The number of hydrogen-bond donors (Lipinski definition) is 1. The molecule has 88 valence electrons. The Hall–Kier alpha value is -2.77. The van der Waals surface area contributed by atoms with Gasteiger partial charge in [-0.25, -0.2) is 0 Å². The predicted molar refractivity (Wildman–Crippen MR) is 62.1 cm³/mol. The first-order valence-electron chi connectivity index (χ1n) is 4.39. The molecule has 0 saturated heterocycles. The summed E-state index contributed by atoms with van der Waals surface area (Å²) in [7, 11) is 0. The van der Waals surface area contributed by atoms with Gasteiger partial charge < -0.3 is 0 Å². The summed E-state index contributed by atoms with van der Waals surface area (Å²) in [4.78, 5) is 19.7. The van der Waals surface area contributed by atoms with E-state index in [-0.39, 0.29) is 11.4 Å². The molecule has 1 aromatic carbocycles. The molecule has 8 nitrogen and oxygen atoms in total. The van der Waals surface area contributed by atoms with E-state index in [1.54, 1.807) is 0 Å². The molecule has 0 aliphatic carbocycles. The highest BCUT2D eigenvalue weighted by Crippen LogP contribution is 2.28. The molecule has 0 saturated carbocycles. The molecule has 0 aliphatic heterocycles. The van der Waals surface area contributed by atoms with Gasteiger partial charge >= 0.3 is 5.69 Å². The Morgan fingerprint density at radius 3 is 2.53 bits per heavy atom. The molecule has 0 atom stereocenters. The molecule has 0 aliphatic rings. The van der Waals surface area contributed by atoms with Crippen LogP contribution in [0.5, 0.6) is 0 Å². The van der Waals surface area contributed by atoms with Crippen molar-refractivity contribution in [2.45, 2.75) is 0 Å². The van der Waals surface area contributed by atoms with Crippen LogP contribution in [0.2, 0.25) is 0 Å². The summed E-state index contributed by atoms with van der Waals surface area (Å²) in [5, 5.41) is 24.8. The molecule has 0 amide bonds. The first-order valence-corrected chi connectivity index (χ1v) is 4.39. The molecule has 0 aromatic heterocycles. The van der Waals surface area contributed by atoms with E-state index in [0.717, 1.165) is 12.1 Å². The average Bonchev–Trinajstić information content (AvgIpc) is 2.29. The van der Waals surface area contributed by atoms with Crippen LogP contribution in [0, 0.1) is 20.2 Å². The van der Waals surface area contributed by atoms with Gasteiger partial charge in [0.05, 0.1) is 15.9 Å². The number of anilines is 1. The molecule has 0 unspecified atom stereocenters. The highest BCUT2D eigenvalue weighted by atomic mass is 16.6. The first kappa shape index (κ1) is 12.3. The minimum Gasteiger partial charge on any atom is -0.272 e. The van der Waals surface area contributed by atoms with Crippen LogP contribution in [0.3, 0.4) is 0 Å². The Labute approximate surface area is 95.6 Å². The summed E-state index contributed by atoms with van der Waals surface area (Å²) >= 11 is 0. The Balaban J connectivity index is 3.12. The van der Waals surface area contributed by atoms with E-state index in [1.807, 2.05) is 0 Å². The van der Waals surface area contributed by atoms with Gasteiger partial charge in [0.1, 0.15) is 5.69 Å². The normalized spacial score (nSPS) is 10.1. The second kappa shape index (κ2) is 5.35. The number of rotatable bonds is 5. The van der Waals surface area contributed by atoms with Gasteiger partial charge in [0.15, 0.2) is 0 Å². The monoisotopic (exact) mass is 236 g/mol. The topological polar surface area (TPSA) is 111 Å². The van der Waals surface area contributed by atoms with E-state index >= 15 is 0 Å². The van der Waals surface area contributed by atoms with E-state index in [0.29, 0.717) is 0 Å². The zero-order valence-electron chi connectivity index (χ0n) is 8.57. The summed E-state index contributed by atoms with van der Waals surface area (Å²) < 4.78 is 0. The molecule has 0 heterocycles. The minimum absolute atomic E-state index is 0.0682. The molecule has 0 spiro atoms. The van der Waals surface area contributed by atoms with Crippen LogP contribution >= 0.6 is 0 Å². The smallest absolute Gasteiger partial charge is 0.272 e. The zero-order valence-corrected chi connectivity index (χ0v) is 8.57. The maximum Gasteiger partial charge on any atom is 0.301 e. The fourth-order valence-electron chi connectivity index (χ4n) is 1.04. The number of nitrogens with one attached hydrogen (secondary N) is 1. The lowest BCUT2D eigenvalue weighted by molar-refractivity contribution is -0.393. The van der Waals surface area contributed by atoms with Gasteiger partial charge in [-0.3, -0.25) is 25.7 Å². The molecule has 17 heavy (non-hydrogen) atoms. The molecule has 0 bridgehead atoms. The Morgan fingerprint density at radius 2 is 2.00 bits per heavy atom. The average molecular weight is 236 g/mol. The van der Waals surface area contributed by atoms with Gasteiger partial charge in [-0.05, 0) is 12.1 Å². The van der Waals surface area contributed by atoms with Crippen LogP contribution in [-0.2, 0) is 0 Å². The molecular weight excluding hydrogens is 228 g/mol. The predicted octanol–water partition coefficient (Wildman–Crippen LogP) is 2.09. The molecule has 1 aromatic rings. The number of allylic oxidation sites excluding steroid dienone is 1. The maximum absolute atomic E-state index is 10.7. The Kier molecular flexibility index (Phi) is 3.87. The largest absolute Gasteiger partial charge is 0.301 e. The third-order valence-corrected chi connectivity index (χ3v) is 1.75. The quantitative estimate of drug-likeness (QED) is 0.478. The van der Waals surface area contributed by atoms with Crippen LogP contribution in [0.25, 0.3) is 0 Å². The van der Waals surface area contributed by atoms with Crippen molar-refractivity contribution in [3.05, 3.63) is 51.1 Å². The number of non-ortho nitro benzene ring substituents is 1. The van der Waals surface area contributed by atoms with Crippen LogP contribution < -0.4 is 5.43 Å². The number of nitrogens with zero attached hydrogens (tertiary/aromatic N) is 3. The highest BCUT2D eigenvalue weighted by molar-refractivity contribution is 5.72. The highest BCUT2D eigenvalue weighted by Gasteiger charge is 2.18. The second-order valence-corrected chi connectivity index (χ2v) is 2.84. The van der Waals surface area contributed by atoms with Crippen molar-refractivity contribution in [1.29, 1.82) is 0 Å². The van der Waals surface area contributed by atoms with Crippen molar-refractivity contribution in [2.75, 3.05) is 5.43 Å². The third-order valence-electron chi connectivity index (χ3n) is 1.75. The van der Waals surface area contributed by atoms with Crippen molar-refractivity contribution in [3.63, 3.8) is 0 Å². The van der Waals surface area contributed by atoms with E-state index in [9.17, 15) is 20.2 Å². The molecular formula is C9H8N4O4. The van der Waals surface area contributed by atoms with Crippen molar-refractivity contribution in [3.8, 4) is 0 Å². The van der Waals surface area contributed by atoms with Crippen molar-refractivity contribution < 1.29 is 9.85 Å². The number of nitro groups is 2. The second-order valence-electron chi connectivity index (χ2n) is 2.84. The van der Waals surface area contributed by atoms with Crippen LogP contribution in [0.15, 0.2) is 36.0 Å². The van der Waals surface area contributed by atoms with Crippen LogP contribution in [-0.4, -0.2) is 16.1 Å². The van der Waals surface area contributed by atoms with Crippen LogP contribution in [0.4, 0.5) is 17.1 Å². The standard InChI is InChI=1S/C9H8N4O4/c1-2-5-10-11-8-4-3-7(12(14)15)6-9(8)13(16)17/h2-6,11H,1H2/b10-5-. The maximum atomic E-state index is 10.7. The number of hydrogen-bond acceptors (Lipinski definition) is 6. The van der Waals surface area contributed by atoms with Gasteiger partial charge in [0.2, 0.25) is 0 Å². The summed E-state index contributed by atoms with van der Waals surface area (Å²) in [6.07, 6.45) is 2.68. The first-order chi connectivity index (χ1) is 8.06. The number of nitro benzene ring substituents is 2. The van der Waals surface area contributed by atoms with E-state index in [2.05, 4.69) is 17.1 Å². The van der Waals surface area contributed by atoms with Crippen molar-refractivity contribution >= 4 is 23.3 Å². The SMILES string of the molecule is C=C/C=N\Nc1ccc([N+](=O)[O-])cc1[N+](=O)[O-]. The molecule has 8 heteroatoms. The molecule has 1 N–H and O–H groups in total. The number of hydrazone groups is 1. The zero-order chi connectivity index (χ0) is 12.8. The lowest BCUT2D eigenvalue weighted by Crippen LogP contribution is -1.98. The van der Waals surface area contributed by atoms with Gasteiger partial charge in [-0.1, -0.05) is 6.58 Å². The summed E-state index contributed by atoms with van der Waals surface area (Å²) in [5.41, 5.74) is 1.70. The van der Waals surface area contributed by atoms with E-state index < -0.39 is 15.5 Å². The van der Waals surface area contributed by atoms with E-state index in [4.69, 9.17) is 0 Å². The summed E-state index contributed by atoms with van der Waals surface area (Å²) in [5.74, 6) is 0. The molecule has 0 radical (unpaired) electrons. The lowest BCUT2D eigenvalue weighted by atomic mass is 10.2.